The first-order valence-electron chi connectivity index (χ1n) is 9.58. The third kappa shape index (κ3) is 3.00. The van der Waals surface area contributed by atoms with Crippen LogP contribution in [0.25, 0.3) is 0 Å². The van der Waals surface area contributed by atoms with Gasteiger partial charge < -0.3 is 30.9 Å². The lowest BCUT2D eigenvalue weighted by atomic mass is 9.79. The number of nitrogens with zero attached hydrogens (tertiary/aromatic N) is 1. The Morgan fingerprint density at radius 1 is 1.30 bits per heavy atom. The minimum atomic E-state index is -1.09. The smallest absolute Gasteiger partial charge is 0.353 e. The number of aliphatic hydroxyl groups excluding tert-OH is 2. The average molecular weight is 397 g/mol. The fourth-order valence-corrected chi connectivity index (χ4v) is 6.32. The van der Waals surface area contributed by atoms with Gasteiger partial charge >= 0.3 is 5.97 Å². The van der Waals surface area contributed by atoms with Crippen molar-refractivity contribution in [2.24, 2.45) is 17.8 Å². The van der Waals surface area contributed by atoms with Crippen LogP contribution in [0.2, 0.25) is 0 Å². The van der Waals surface area contributed by atoms with Crippen molar-refractivity contribution in [2.75, 3.05) is 19.6 Å². The summed E-state index contributed by atoms with van der Waals surface area (Å²) in [6.45, 7) is 5.89. The maximum atomic E-state index is 12.4. The van der Waals surface area contributed by atoms with Gasteiger partial charge in [-0.15, -0.1) is 11.8 Å². The number of aliphatic hydroxyl groups is 2. The van der Waals surface area contributed by atoms with Crippen LogP contribution in [0.4, 0.5) is 0 Å². The number of β-lactam (4-membered cyclic amide) rings is 1. The normalized spacial score (nSPS) is 38.4. The standard InChI is InChI=1S/C18H27N3O5S/c1-7-13-12(8(2)22)17(24)21(13)14(18(25)26)16(7)27-10-3-11(20-6-10)15(23)9-4-19-5-9/h7-13,15,19-20,22-23H,3-6H2,1-2H3,(H,25,26)/t7-,8?,10?,11+,12?,13?,15?/m1/s1. The number of hydrogen-bond acceptors (Lipinski definition) is 7. The topological polar surface area (TPSA) is 122 Å². The van der Waals surface area contributed by atoms with E-state index in [1.165, 1.54) is 16.7 Å². The van der Waals surface area contributed by atoms with Crippen molar-refractivity contribution >= 4 is 23.6 Å². The van der Waals surface area contributed by atoms with E-state index in [4.69, 9.17) is 0 Å². The van der Waals surface area contributed by atoms with Crippen molar-refractivity contribution in [3.63, 3.8) is 0 Å². The van der Waals surface area contributed by atoms with Crippen molar-refractivity contribution in [3.8, 4) is 0 Å². The first kappa shape index (κ1) is 19.2. The summed E-state index contributed by atoms with van der Waals surface area (Å²) in [5, 5.41) is 36.8. The second-order valence-corrected chi connectivity index (χ2v) is 9.51. The van der Waals surface area contributed by atoms with Crippen LogP contribution in [0, 0.1) is 17.8 Å². The molecule has 0 saturated carbocycles. The molecular weight excluding hydrogens is 370 g/mol. The molecule has 4 heterocycles. The van der Waals surface area contributed by atoms with Gasteiger partial charge in [0.1, 0.15) is 5.70 Å². The molecule has 4 aliphatic heterocycles. The Balaban J connectivity index is 1.48. The lowest BCUT2D eigenvalue weighted by Crippen LogP contribution is -2.63. The van der Waals surface area contributed by atoms with Gasteiger partial charge in [-0.3, -0.25) is 4.79 Å². The Kier molecular flexibility index (Phi) is 5.00. The van der Waals surface area contributed by atoms with E-state index < -0.39 is 24.1 Å². The van der Waals surface area contributed by atoms with E-state index in [0.29, 0.717) is 6.54 Å². The summed E-state index contributed by atoms with van der Waals surface area (Å²) in [5.41, 5.74) is 0.0755. The van der Waals surface area contributed by atoms with Gasteiger partial charge in [0.05, 0.1) is 24.2 Å². The zero-order chi connectivity index (χ0) is 19.5. The lowest BCUT2D eigenvalue weighted by molar-refractivity contribution is -0.163. The third-order valence-corrected chi connectivity index (χ3v) is 7.95. The zero-order valence-electron chi connectivity index (χ0n) is 15.5. The number of carbonyl (C=O) groups is 2. The van der Waals surface area contributed by atoms with E-state index in [-0.39, 0.29) is 40.8 Å². The van der Waals surface area contributed by atoms with Crippen LogP contribution in [-0.2, 0) is 9.59 Å². The minimum Gasteiger partial charge on any atom is -0.477 e. The highest BCUT2D eigenvalue weighted by atomic mass is 32.2. The van der Waals surface area contributed by atoms with Crippen LogP contribution in [-0.4, -0.2) is 81.3 Å². The largest absolute Gasteiger partial charge is 0.477 e. The molecule has 3 fully saturated rings. The SMILES string of the molecule is CC(O)C1C(=O)N2C(C(=O)O)=C(SC3CN[C@H](C(O)C4CNC4)C3)[C@H](C)C12. The number of aliphatic carboxylic acids is 1. The summed E-state index contributed by atoms with van der Waals surface area (Å²) in [6.07, 6.45) is -0.416. The predicted octanol–water partition coefficient (Wildman–Crippen LogP) is -0.816. The Labute approximate surface area is 162 Å². The second-order valence-electron chi connectivity index (χ2n) is 8.17. The average Bonchev–Trinajstić information content (AvgIpc) is 3.09. The summed E-state index contributed by atoms with van der Waals surface area (Å²) in [5.74, 6) is -1.76. The highest BCUT2D eigenvalue weighted by Crippen LogP contribution is 2.51. The van der Waals surface area contributed by atoms with Gasteiger partial charge in [0.15, 0.2) is 0 Å². The molecule has 7 atom stereocenters. The van der Waals surface area contributed by atoms with E-state index in [9.17, 15) is 24.9 Å². The molecule has 0 aromatic heterocycles. The van der Waals surface area contributed by atoms with Gasteiger partial charge in [-0.05, 0) is 13.3 Å². The number of nitrogens with one attached hydrogen (secondary N) is 2. The molecule has 0 aromatic rings. The molecule has 0 bridgehead atoms. The summed E-state index contributed by atoms with van der Waals surface area (Å²) in [4.78, 5) is 26.3. The number of thioether (sulfide) groups is 1. The predicted molar refractivity (Wildman–Crippen MR) is 99.8 cm³/mol. The minimum absolute atomic E-state index is 0.0176. The molecule has 8 nitrogen and oxygen atoms in total. The Morgan fingerprint density at radius 2 is 2.00 bits per heavy atom. The van der Waals surface area contributed by atoms with Crippen LogP contribution < -0.4 is 10.6 Å². The van der Waals surface area contributed by atoms with Crippen LogP contribution >= 0.6 is 11.8 Å². The van der Waals surface area contributed by atoms with Crippen LogP contribution in [0.15, 0.2) is 10.6 Å². The zero-order valence-corrected chi connectivity index (χ0v) is 16.3. The second kappa shape index (κ2) is 7.04. The van der Waals surface area contributed by atoms with Crippen molar-refractivity contribution in [1.82, 2.24) is 15.5 Å². The molecule has 1 amide bonds. The Bertz CT molecular complexity index is 680. The molecule has 4 rings (SSSR count). The summed E-state index contributed by atoms with van der Waals surface area (Å²) in [6, 6.07) is -0.257. The molecular formula is C18H27N3O5S. The summed E-state index contributed by atoms with van der Waals surface area (Å²) in [7, 11) is 0. The molecule has 0 aliphatic carbocycles. The van der Waals surface area contributed by atoms with Crippen molar-refractivity contribution in [2.45, 2.75) is 49.8 Å². The molecule has 3 saturated heterocycles. The number of carboxylic acids is 1. The van der Waals surface area contributed by atoms with E-state index in [0.717, 1.165) is 24.4 Å². The van der Waals surface area contributed by atoms with Crippen molar-refractivity contribution in [1.29, 1.82) is 0 Å². The lowest BCUT2D eigenvalue weighted by Gasteiger charge is -2.46. The summed E-state index contributed by atoms with van der Waals surface area (Å²) >= 11 is 1.52. The first-order valence-corrected chi connectivity index (χ1v) is 10.5. The van der Waals surface area contributed by atoms with Crippen LogP contribution in [0.5, 0.6) is 0 Å². The molecule has 150 valence electrons. The molecule has 0 aromatic carbocycles. The van der Waals surface area contributed by atoms with E-state index in [1.807, 2.05) is 6.92 Å². The molecule has 5 unspecified atom stereocenters. The van der Waals surface area contributed by atoms with Gasteiger partial charge in [0.2, 0.25) is 5.91 Å². The maximum absolute atomic E-state index is 12.4. The van der Waals surface area contributed by atoms with Gasteiger partial charge in [-0.2, -0.15) is 0 Å². The third-order valence-electron chi connectivity index (χ3n) is 6.44. The summed E-state index contributed by atoms with van der Waals surface area (Å²) < 4.78 is 0. The number of fused-ring (bicyclic) bond motifs is 1. The fraction of sp³-hybridized carbons (Fsp3) is 0.778. The van der Waals surface area contributed by atoms with Crippen LogP contribution in [0.3, 0.4) is 0 Å². The highest BCUT2D eigenvalue weighted by molar-refractivity contribution is 8.03. The molecule has 0 radical (unpaired) electrons. The number of carboxylic acid groups (broad SMARTS) is 1. The molecule has 9 heteroatoms. The number of carbonyl (C=O) groups excluding carboxylic acids is 1. The van der Waals surface area contributed by atoms with Gasteiger partial charge in [-0.1, -0.05) is 6.92 Å². The van der Waals surface area contributed by atoms with E-state index >= 15 is 0 Å². The van der Waals surface area contributed by atoms with Crippen molar-refractivity contribution in [3.05, 3.63) is 10.6 Å². The molecule has 0 spiro atoms. The van der Waals surface area contributed by atoms with Gasteiger partial charge in [-0.25, -0.2) is 4.79 Å². The van der Waals surface area contributed by atoms with E-state index in [2.05, 4.69) is 10.6 Å². The highest BCUT2D eigenvalue weighted by Gasteiger charge is 2.60. The first-order chi connectivity index (χ1) is 12.8. The Morgan fingerprint density at radius 3 is 2.56 bits per heavy atom. The van der Waals surface area contributed by atoms with Gasteiger partial charge in [0.25, 0.3) is 0 Å². The number of hydrogen-bond donors (Lipinski definition) is 5. The fourth-order valence-electron chi connectivity index (χ4n) is 4.82. The quantitative estimate of drug-likeness (QED) is 0.369. The van der Waals surface area contributed by atoms with Crippen molar-refractivity contribution < 1.29 is 24.9 Å². The Hall–Kier alpha value is -1.13. The molecule has 27 heavy (non-hydrogen) atoms. The molecule has 5 N–H and O–H groups in total. The van der Waals surface area contributed by atoms with Crippen LogP contribution in [0.1, 0.15) is 20.3 Å². The number of rotatable bonds is 6. The molecule has 4 aliphatic rings. The van der Waals surface area contributed by atoms with Gasteiger partial charge in [0, 0.05) is 47.7 Å². The maximum Gasteiger partial charge on any atom is 0.353 e. The number of amides is 1. The van der Waals surface area contributed by atoms with E-state index in [1.54, 1.807) is 6.92 Å². The monoisotopic (exact) mass is 397 g/mol.